The summed E-state index contributed by atoms with van der Waals surface area (Å²) in [6.07, 6.45) is 6.32. The van der Waals surface area contributed by atoms with Gasteiger partial charge in [0, 0.05) is 12.0 Å². The zero-order valence-electron chi connectivity index (χ0n) is 39.3. The Kier molecular flexibility index (Phi) is 15.8. The van der Waals surface area contributed by atoms with Crippen LogP contribution in [-0.4, -0.2) is 52.6 Å². The highest BCUT2D eigenvalue weighted by Crippen LogP contribution is 2.44. The number of rotatable bonds is 17. The zero-order chi connectivity index (χ0) is 45.3. The first kappa shape index (κ1) is 48.1. The summed E-state index contributed by atoms with van der Waals surface area (Å²) in [5.74, 6) is 0.301. The number of esters is 1. The van der Waals surface area contributed by atoms with Crippen LogP contribution >= 0.6 is 0 Å². The molecule has 0 saturated heterocycles. The van der Waals surface area contributed by atoms with Crippen molar-refractivity contribution in [3.8, 4) is 0 Å². The highest BCUT2D eigenvalue weighted by molar-refractivity contribution is 7.00. The molecular formula is C56H72O5Si2. The molecule has 1 N–H and O–H groups in total. The Labute approximate surface area is 381 Å². The van der Waals surface area contributed by atoms with Crippen LogP contribution in [0.3, 0.4) is 0 Å². The van der Waals surface area contributed by atoms with Crippen molar-refractivity contribution in [2.75, 3.05) is 6.61 Å². The Balaban J connectivity index is 1.38. The van der Waals surface area contributed by atoms with Crippen LogP contribution in [0.1, 0.15) is 100.0 Å². The van der Waals surface area contributed by atoms with Gasteiger partial charge in [0.25, 0.3) is 16.6 Å². The minimum absolute atomic E-state index is 0.152. The van der Waals surface area contributed by atoms with E-state index in [2.05, 4.69) is 202 Å². The van der Waals surface area contributed by atoms with Gasteiger partial charge in [-0.1, -0.05) is 220 Å². The van der Waals surface area contributed by atoms with Gasteiger partial charge < -0.3 is 18.7 Å². The summed E-state index contributed by atoms with van der Waals surface area (Å²) in [4.78, 5) is 14.2. The highest BCUT2D eigenvalue weighted by atomic mass is 28.4. The van der Waals surface area contributed by atoms with Gasteiger partial charge in [0.2, 0.25) is 0 Å². The minimum atomic E-state index is -3.07. The summed E-state index contributed by atoms with van der Waals surface area (Å²) in [5.41, 5.74) is 1.09. The second-order valence-electron chi connectivity index (χ2n) is 20.4. The van der Waals surface area contributed by atoms with Crippen LogP contribution in [0, 0.1) is 11.8 Å². The third-order valence-electron chi connectivity index (χ3n) is 13.7. The van der Waals surface area contributed by atoms with Crippen molar-refractivity contribution < 1.29 is 23.5 Å². The van der Waals surface area contributed by atoms with Gasteiger partial charge in [-0.15, -0.1) is 0 Å². The average molecular weight is 881 g/mol. The molecule has 1 aliphatic carbocycles. The fraction of sp³-hybridized carbons (Fsp3) is 0.411. The lowest BCUT2D eigenvalue weighted by molar-refractivity contribution is -0.150. The average Bonchev–Trinajstić information content (AvgIpc) is 3.27. The molecule has 5 aromatic rings. The van der Waals surface area contributed by atoms with E-state index in [4.69, 9.17) is 13.6 Å². The first-order chi connectivity index (χ1) is 30.0. The molecule has 1 aliphatic rings. The van der Waals surface area contributed by atoms with E-state index in [1.54, 1.807) is 6.08 Å². The van der Waals surface area contributed by atoms with Crippen LogP contribution in [0.5, 0.6) is 0 Å². The molecule has 1 saturated carbocycles. The fourth-order valence-electron chi connectivity index (χ4n) is 10.3. The van der Waals surface area contributed by atoms with Gasteiger partial charge in [-0.05, 0) is 79.5 Å². The van der Waals surface area contributed by atoms with E-state index < -0.39 is 28.8 Å². The predicted molar refractivity (Wildman–Crippen MR) is 266 cm³/mol. The van der Waals surface area contributed by atoms with Crippen LogP contribution in [0.15, 0.2) is 164 Å². The summed E-state index contributed by atoms with van der Waals surface area (Å²) in [7, 11) is -6.06. The summed E-state index contributed by atoms with van der Waals surface area (Å²) in [6.45, 7) is 20.3. The molecule has 1 fully saturated rings. The molecule has 0 bridgehead atoms. The van der Waals surface area contributed by atoms with Crippen molar-refractivity contribution in [1.82, 2.24) is 0 Å². The van der Waals surface area contributed by atoms with Gasteiger partial charge in [-0.25, -0.2) is 4.79 Å². The van der Waals surface area contributed by atoms with E-state index in [1.807, 2.05) is 18.2 Å². The van der Waals surface area contributed by atoms with Gasteiger partial charge in [0.05, 0.1) is 18.8 Å². The number of hydrogen-bond donors (Lipinski definition) is 1. The third kappa shape index (κ3) is 10.8. The molecule has 5 nitrogen and oxygen atoms in total. The van der Waals surface area contributed by atoms with Gasteiger partial charge >= 0.3 is 5.97 Å². The maximum Gasteiger partial charge on any atom is 0.330 e. The zero-order valence-corrected chi connectivity index (χ0v) is 41.3. The Morgan fingerprint density at radius 1 is 0.619 bits per heavy atom. The fourth-order valence-corrected chi connectivity index (χ4v) is 19.7. The smallest absolute Gasteiger partial charge is 0.330 e. The van der Waals surface area contributed by atoms with E-state index in [-0.39, 0.29) is 40.1 Å². The Hall–Kier alpha value is -4.38. The molecule has 7 heteroatoms. The number of hydrogen-bond acceptors (Lipinski definition) is 5. The Morgan fingerprint density at radius 2 is 1.03 bits per heavy atom. The summed E-state index contributed by atoms with van der Waals surface area (Å²) >= 11 is 0. The van der Waals surface area contributed by atoms with Crippen molar-refractivity contribution in [2.24, 2.45) is 11.8 Å². The van der Waals surface area contributed by atoms with Gasteiger partial charge in [-0.3, -0.25) is 0 Å². The maximum atomic E-state index is 14.2. The maximum absolute atomic E-state index is 14.2. The van der Waals surface area contributed by atoms with Crippen molar-refractivity contribution in [1.29, 1.82) is 0 Å². The van der Waals surface area contributed by atoms with Crippen LogP contribution in [0.25, 0.3) is 0 Å². The molecule has 334 valence electrons. The lowest BCUT2D eigenvalue weighted by atomic mass is 9.64. The van der Waals surface area contributed by atoms with Crippen LogP contribution in [0.4, 0.5) is 0 Å². The van der Waals surface area contributed by atoms with E-state index in [1.165, 1.54) is 5.56 Å². The van der Waals surface area contributed by atoms with Crippen molar-refractivity contribution >= 4 is 43.4 Å². The molecule has 0 heterocycles. The quantitative estimate of drug-likeness (QED) is 0.0573. The molecule has 0 amide bonds. The lowest BCUT2D eigenvalue weighted by Gasteiger charge is -2.46. The number of ether oxygens (including phenoxy) is 1. The molecular weight excluding hydrogens is 809 g/mol. The minimum Gasteiger partial charge on any atom is -0.459 e. The molecule has 0 aliphatic heterocycles. The molecule has 6 rings (SSSR count). The molecule has 0 aromatic heterocycles. The van der Waals surface area contributed by atoms with Crippen LogP contribution in [0.2, 0.25) is 10.1 Å². The Bertz CT molecular complexity index is 2100. The van der Waals surface area contributed by atoms with E-state index >= 15 is 0 Å². The van der Waals surface area contributed by atoms with E-state index in [0.717, 1.165) is 40.0 Å². The van der Waals surface area contributed by atoms with Crippen molar-refractivity contribution in [3.05, 3.63) is 169 Å². The Morgan fingerprint density at radius 3 is 1.44 bits per heavy atom. The number of benzene rings is 5. The number of carbonyl (C=O) groups excluding carboxylic acids is 1. The first-order valence-electron chi connectivity index (χ1n) is 23.2. The van der Waals surface area contributed by atoms with Crippen molar-refractivity contribution in [2.45, 2.75) is 128 Å². The number of aliphatic hydroxyl groups excluding tert-OH is 1. The lowest BCUT2D eigenvalue weighted by Crippen LogP contribution is -2.68. The third-order valence-corrected chi connectivity index (χ3v) is 23.8. The van der Waals surface area contributed by atoms with Crippen LogP contribution < -0.4 is 20.7 Å². The number of aliphatic hydroxyl groups is 1. The largest absolute Gasteiger partial charge is 0.459 e. The molecule has 0 spiro atoms. The van der Waals surface area contributed by atoms with Gasteiger partial charge in [0.1, 0.15) is 6.10 Å². The predicted octanol–water partition coefficient (Wildman–Crippen LogP) is 10.5. The monoisotopic (exact) mass is 880 g/mol. The van der Waals surface area contributed by atoms with E-state index in [0.29, 0.717) is 18.8 Å². The normalized spacial score (nSPS) is 18.8. The highest BCUT2D eigenvalue weighted by Gasteiger charge is 2.53. The first-order valence-corrected chi connectivity index (χ1v) is 27.0. The SMILES string of the molecule is C[C@@H]1CC[C@@H](C(C)(C)c2ccccc2)[C@H](OC(=O)/C=C\[C@H](CC[C@H](CO)O[Si](c2ccccc2)(c2ccccc2)C(C)(C)C)O[Si](c2ccccc2)(c2ccccc2)C(C)(C)C)C1. The summed E-state index contributed by atoms with van der Waals surface area (Å²) in [6, 6.07) is 53.0. The summed E-state index contributed by atoms with van der Waals surface area (Å²) in [5, 5.41) is 15.3. The van der Waals surface area contributed by atoms with Crippen molar-refractivity contribution in [3.63, 3.8) is 0 Å². The number of carbonyl (C=O) groups is 1. The molecule has 0 radical (unpaired) electrons. The second-order valence-corrected chi connectivity index (χ2v) is 28.9. The standard InChI is InChI=1S/C56H72O5Si2/c1-43-35-39-51(56(8,9)44-25-15-10-16-26-44)52(41-43)59-53(58)40-38-45(60-62(54(2,3)4,47-27-17-11-18-28-47)48-29-19-12-20-30-48)36-37-46(42-57)61-63(55(5,6)7,49-31-21-13-22-32-49)50-33-23-14-24-34-50/h10-34,38,40,43,45-46,51-52,57H,35-37,39,41-42H2,1-9H3/b40-38-/t43-,45+,46-,51-,52-/m1/s1. The second kappa shape index (κ2) is 20.6. The summed E-state index contributed by atoms with van der Waals surface area (Å²) < 4.78 is 21.7. The molecule has 0 unspecified atom stereocenters. The van der Waals surface area contributed by atoms with E-state index in [9.17, 15) is 9.90 Å². The molecule has 63 heavy (non-hydrogen) atoms. The van der Waals surface area contributed by atoms with Gasteiger partial charge in [0.15, 0.2) is 0 Å². The molecule has 5 atom stereocenters. The molecule has 5 aromatic carbocycles. The van der Waals surface area contributed by atoms with Crippen LogP contribution in [-0.2, 0) is 23.8 Å². The van der Waals surface area contributed by atoms with Gasteiger partial charge in [-0.2, -0.15) is 0 Å². The topological polar surface area (TPSA) is 65.0 Å².